The Bertz CT molecular complexity index is 1460. The van der Waals surface area contributed by atoms with Crippen molar-refractivity contribution in [1.29, 1.82) is 0 Å². The Hall–Kier alpha value is -3.91. The first kappa shape index (κ1) is 21.9. The summed E-state index contributed by atoms with van der Waals surface area (Å²) in [7, 11) is 0. The summed E-state index contributed by atoms with van der Waals surface area (Å²) in [5.41, 5.74) is 4.45. The van der Waals surface area contributed by atoms with Crippen LogP contribution in [0.25, 0.3) is 10.8 Å². The summed E-state index contributed by atoms with van der Waals surface area (Å²) in [5.74, 6) is 0. The third-order valence-corrected chi connectivity index (χ3v) is 6.11. The minimum absolute atomic E-state index is 0.250. The first-order valence-corrected chi connectivity index (χ1v) is 11.7. The van der Waals surface area contributed by atoms with E-state index in [1.54, 1.807) is 0 Å². The maximum Gasteiger partial charge on any atom is 0.123 e. The summed E-state index contributed by atoms with van der Waals surface area (Å²) in [6.45, 7) is 0. The van der Waals surface area contributed by atoms with Crippen molar-refractivity contribution in [1.82, 2.24) is 8.96 Å². The van der Waals surface area contributed by atoms with Gasteiger partial charge in [0.1, 0.15) is 12.4 Å². The van der Waals surface area contributed by atoms with Crippen molar-refractivity contribution in [3.05, 3.63) is 132 Å². The van der Waals surface area contributed by atoms with Crippen molar-refractivity contribution in [2.24, 2.45) is 4.99 Å². The summed E-state index contributed by atoms with van der Waals surface area (Å²) < 4.78 is 23.3. The summed E-state index contributed by atoms with van der Waals surface area (Å²) in [6.07, 6.45) is 1.38. The lowest BCUT2D eigenvalue weighted by molar-refractivity contribution is 0.217. The van der Waals surface area contributed by atoms with Gasteiger partial charge in [-0.05, 0) is 28.5 Å². The number of aromatic nitrogens is 2. The highest BCUT2D eigenvalue weighted by molar-refractivity contribution is 7.77. The first-order valence-electron chi connectivity index (χ1n) is 10.6. The van der Waals surface area contributed by atoms with Gasteiger partial charge >= 0.3 is 0 Å². The molecule has 1 heterocycles. The molecule has 4 aromatic carbocycles. The molecule has 34 heavy (non-hydrogen) atoms. The lowest BCUT2D eigenvalue weighted by atomic mass is 9.98. The number of aliphatic hydroxyl groups is 1. The van der Waals surface area contributed by atoms with Crippen molar-refractivity contribution in [2.45, 2.75) is 6.10 Å². The summed E-state index contributed by atoms with van der Waals surface area (Å²) in [6, 6.07) is 31.4. The normalized spacial score (nSPS) is 12.9. The van der Waals surface area contributed by atoms with Gasteiger partial charge in [0.05, 0.1) is 28.4 Å². The molecule has 168 valence electrons. The van der Waals surface area contributed by atoms with Crippen LogP contribution in [0.1, 0.15) is 28.5 Å². The molecule has 1 N–H and O–H groups in total. The summed E-state index contributed by atoms with van der Waals surface area (Å²) in [4.78, 5) is 9.05. The summed E-state index contributed by atoms with van der Waals surface area (Å²) in [5, 5.41) is 12.7. The predicted octanol–water partition coefficient (Wildman–Crippen LogP) is 4.93. The van der Waals surface area contributed by atoms with E-state index in [9.17, 15) is 13.9 Å². The monoisotopic (exact) mass is 466 g/mol. The molecule has 2 atom stereocenters. The van der Waals surface area contributed by atoms with Gasteiger partial charge in [0.15, 0.2) is 0 Å². The quantitative estimate of drug-likeness (QED) is 0.284. The molecule has 0 fully saturated rings. The molecule has 5 aromatic rings. The topological polar surface area (TPSA) is 90.5 Å². The van der Waals surface area contributed by atoms with Gasteiger partial charge in [-0.1, -0.05) is 84.9 Å². The second-order valence-electron chi connectivity index (χ2n) is 7.72. The Morgan fingerprint density at radius 2 is 1.59 bits per heavy atom. The van der Waals surface area contributed by atoms with E-state index < -0.39 is 17.4 Å². The first-order chi connectivity index (χ1) is 16.6. The molecule has 1 aromatic heterocycles. The number of fused-ring (bicyclic) bond motifs is 1. The largest absolute Gasteiger partial charge is 0.755 e. The zero-order valence-electron chi connectivity index (χ0n) is 18.0. The third-order valence-electron chi connectivity index (χ3n) is 5.56. The van der Waals surface area contributed by atoms with E-state index in [4.69, 9.17) is 4.99 Å². The van der Waals surface area contributed by atoms with Crippen LogP contribution in [-0.2, 0) is 11.3 Å². The van der Waals surface area contributed by atoms with E-state index in [1.807, 2.05) is 97.1 Å². The lowest BCUT2D eigenvalue weighted by Gasteiger charge is -2.13. The molecule has 0 spiro atoms. The number of aliphatic imine (C=N–C) groups is 1. The van der Waals surface area contributed by atoms with E-state index >= 15 is 0 Å². The minimum Gasteiger partial charge on any atom is -0.755 e. The van der Waals surface area contributed by atoms with E-state index in [1.165, 1.54) is 6.20 Å². The fourth-order valence-electron chi connectivity index (χ4n) is 3.91. The maximum atomic E-state index is 11.2. The van der Waals surface area contributed by atoms with Crippen LogP contribution in [0, 0.1) is 0 Å². The number of imidazole rings is 1. The Balaban J connectivity index is 1.62. The Kier molecular flexibility index (Phi) is 6.14. The average Bonchev–Trinajstić information content (AvgIpc) is 3.38. The standard InChI is InChI=1S/C27H21N3O3S/c31-27(25-17-30(18-28-25)34(32)33)23-13-7-12-19-14-15-22(16-24(19)23)29-26(20-8-3-1-4-9-20)21-10-5-2-6-11-21/h1-18,27,31H,(H,32,33)/p-1. The molecule has 0 bridgehead atoms. The fraction of sp³-hybridized carbons (Fsp3) is 0.0370. The van der Waals surface area contributed by atoms with Crippen LogP contribution in [-0.4, -0.2) is 28.5 Å². The molecule has 0 aliphatic rings. The average molecular weight is 467 g/mol. The third kappa shape index (κ3) is 4.45. The maximum absolute atomic E-state index is 11.2. The van der Waals surface area contributed by atoms with Crippen LogP contribution >= 0.6 is 0 Å². The van der Waals surface area contributed by atoms with Crippen molar-refractivity contribution in [3.8, 4) is 0 Å². The summed E-state index contributed by atoms with van der Waals surface area (Å²) >= 11 is -2.48. The van der Waals surface area contributed by atoms with Gasteiger partial charge < -0.3 is 9.66 Å². The molecular formula is C27H20N3O3S-. The van der Waals surface area contributed by atoms with Gasteiger partial charge in [-0.3, -0.25) is 8.18 Å². The predicted molar refractivity (Wildman–Crippen MR) is 133 cm³/mol. The molecule has 6 nitrogen and oxygen atoms in total. The number of hydrogen-bond acceptors (Lipinski definition) is 5. The van der Waals surface area contributed by atoms with Crippen molar-refractivity contribution in [3.63, 3.8) is 0 Å². The smallest absolute Gasteiger partial charge is 0.123 e. The van der Waals surface area contributed by atoms with Crippen LogP contribution in [0.4, 0.5) is 5.69 Å². The molecule has 5 rings (SSSR count). The van der Waals surface area contributed by atoms with Crippen LogP contribution in [0.2, 0.25) is 0 Å². The van der Waals surface area contributed by atoms with Crippen molar-refractivity contribution in [2.75, 3.05) is 0 Å². The highest BCUT2D eigenvalue weighted by atomic mass is 32.2. The van der Waals surface area contributed by atoms with Gasteiger partial charge in [0.2, 0.25) is 0 Å². The van der Waals surface area contributed by atoms with E-state index in [-0.39, 0.29) is 5.69 Å². The Labute approximate surface area is 199 Å². The number of benzene rings is 4. The second-order valence-corrected chi connectivity index (χ2v) is 8.58. The van der Waals surface area contributed by atoms with Crippen molar-refractivity contribution < 1.29 is 13.9 Å². The van der Waals surface area contributed by atoms with Crippen LogP contribution < -0.4 is 0 Å². The SMILES string of the molecule is O=S([O-])n1cnc(C(O)c2cccc3ccc(N=C(c4ccccc4)c4ccccc4)cc23)c1. The number of aliphatic hydroxyl groups excluding tert-OH is 1. The van der Waals surface area contributed by atoms with Gasteiger partial charge in [-0.15, -0.1) is 0 Å². The van der Waals surface area contributed by atoms with Gasteiger partial charge in [-0.25, -0.2) is 9.98 Å². The number of nitrogens with zero attached hydrogens (tertiary/aromatic N) is 3. The fourth-order valence-corrected chi connectivity index (χ4v) is 4.23. The molecule has 0 saturated heterocycles. The minimum atomic E-state index is -2.48. The van der Waals surface area contributed by atoms with E-state index in [0.717, 1.165) is 43.6 Å². The zero-order chi connectivity index (χ0) is 23.5. The van der Waals surface area contributed by atoms with Crippen molar-refractivity contribution >= 4 is 33.4 Å². The second kappa shape index (κ2) is 9.52. The Morgan fingerprint density at radius 3 is 2.21 bits per heavy atom. The van der Waals surface area contributed by atoms with E-state index in [2.05, 4.69) is 4.98 Å². The van der Waals surface area contributed by atoms with Gasteiger partial charge in [-0.2, -0.15) is 0 Å². The lowest BCUT2D eigenvalue weighted by Crippen LogP contribution is -2.03. The molecule has 0 radical (unpaired) electrons. The Morgan fingerprint density at radius 1 is 0.912 bits per heavy atom. The molecule has 0 aliphatic carbocycles. The molecule has 0 aliphatic heterocycles. The highest BCUT2D eigenvalue weighted by Crippen LogP contribution is 2.31. The van der Waals surface area contributed by atoms with Crippen LogP contribution in [0.3, 0.4) is 0 Å². The van der Waals surface area contributed by atoms with Crippen LogP contribution in [0.15, 0.2) is 115 Å². The van der Waals surface area contributed by atoms with Crippen LogP contribution in [0.5, 0.6) is 0 Å². The zero-order valence-corrected chi connectivity index (χ0v) is 18.8. The number of rotatable bonds is 6. The van der Waals surface area contributed by atoms with Gasteiger partial charge in [0.25, 0.3) is 0 Å². The molecule has 2 unspecified atom stereocenters. The van der Waals surface area contributed by atoms with Gasteiger partial charge in [0, 0.05) is 17.3 Å². The molecular weight excluding hydrogens is 446 g/mol. The molecule has 0 amide bonds. The van der Waals surface area contributed by atoms with E-state index in [0.29, 0.717) is 5.56 Å². The highest BCUT2D eigenvalue weighted by Gasteiger charge is 2.17. The molecule has 7 heteroatoms. The molecule has 0 saturated carbocycles. The number of hydrogen-bond donors (Lipinski definition) is 1.